The Labute approximate surface area is 152 Å². The molecule has 2 fully saturated rings. The van der Waals surface area contributed by atoms with Gasteiger partial charge in [0.25, 0.3) is 0 Å². The molecule has 0 aromatic carbocycles. The van der Waals surface area contributed by atoms with Crippen LogP contribution in [0.1, 0.15) is 36.5 Å². The van der Waals surface area contributed by atoms with Crippen molar-refractivity contribution in [3.05, 3.63) is 22.4 Å². The minimum Gasteiger partial charge on any atom is -0.376 e. The van der Waals surface area contributed by atoms with Crippen LogP contribution in [-0.4, -0.2) is 62.1 Å². The molecule has 0 bridgehead atoms. The Hall–Kier alpha value is -1.44. The van der Waals surface area contributed by atoms with Gasteiger partial charge in [-0.25, -0.2) is 0 Å². The summed E-state index contributed by atoms with van der Waals surface area (Å²) < 4.78 is 5.43. The van der Waals surface area contributed by atoms with E-state index in [2.05, 4.69) is 33.0 Å². The minimum atomic E-state index is -0.563. The molecular weight excluding hydrogens is 338 g/mol. The first kappa shape index (κ1) is 18.4. The third-order valence-electron chi connectivity index (χ3n) is 4.97. The summed E-state index contributed by atoms with van der Waals surface area (Å²) in [5, 5.41) is 7.50. The van der Waals surface area contributed by atoms with Gasteiger partial charge in [-0.2, -0.15) is 0 Å². The first-order valence-corrected chi connectivity index (χ1v) is 10.0. The van der Waals surface area contributed by atoms with Gasteiger partial charge in [-0.3, -0.25) is 9.59 Å². The SMILES string of the molecule is O=C(NCCN1CCC(c2cccs2)CC1)C(=O)NCC1CCCO1. The largest absolute Gasteiger partial charge is 0.376 e. The van der Waals surface area contributed by atoms with Crippen LogP contribution in [-0.2, 0) is 14.3 Å². The molecule has 138 valence electrons. The van der Waals surface area contributed by atoms with E-state index in [-0.39, 0.29) is 6.10 Å². The normalized spacial score (nSPS) is 22.0. The molecule has 2 amide bonds. The number of hydrogen-bond donors (Lipinski definition) is 2. The van der Waals surface area contributed by atoms with Gasteiger partial charge in [0.1, 0.15) is 0 Å². The lowest BCUT2D eigenvalue weighted by Crippen LogP contribution is -2.45. The number of amides is 2. The zero-order valence-electron chi connectivity index (χ0n) is 14.5. The lowest BCUT2D eigenvalue weighted by molar-refractivity contribution is -0.139. The predicted molar refractivity (Wildman–Crippen MR) is 97.7 cm³/mol. The van der Waals surface area contributed by atoms with Gasteiger partial charge >= 0.3 is 11.8 Å². The van der Waals surface area contributed by atoms with Gasteiger partial charge in [-0.1, -0.05) is 6.07 Å². The first-order chi connectivity index (χ1) is 12.2. The average molecular weight is 365 g/mol. The highest BCUT2D eigenvalue weighted by molar-refractivity contribution is 7.10. The lowest BCUT2D eigenvalue weighted by Gasteiger charge is -2.31. The van der Waals surface area contributed by atoms with Crippen molar-refractivity contribution >= 4 is 23.2 Å². The maximum absolute atomic E-state index is 11.8. The van der Waals surface area contributed by atoms with E-state index in [1.807, 2.05) is 11.3 Å². The number of piperidine rings is 1. The summed E-state index contributed by atoms with van der Waals surface area (Å²) in [6.07, 6.45) is 4.35. The van der Waals surface area contributed by atoms with Crippen molar-refractivity contribution < 1.29 is 14.3 Å². The summed E-state index contributed by atoms with van der Waals surface area (Å²) in [5.41, 5.74) is 0. The average Bonchev–Trinajstić information content (AvgIpc) is 3.34. The zero-order chi connectivity index (χ0) is 17.5. The van der Waals surface area contributed by atoms with Gasteiger partial charge in [0.05, 0.1) is 6.10 Å². The molecule has 1 atom stereocenters. The van der Waals surface area contributed by atoms with Crippen LogP contribution in [0.3, 0.4) is 0 Å². The number of carbonyl (C=O) groups is 2. The molecule has 2 saturated heterocycles. The zero-order valence-corrected chi connectivity index (χ0v) is 15.4. The molecule has 1 unspecified atom stereocenters. The molecule has 0 saturated carbocycles. The fourth-order valence-corrected chi connectivity index (χ4v) is 4.36. The molecule has 25 heavy (non-hydrogen) atoms. The van der Waals surface area contributed by atoms with E-state index >= 15 is 0 Å². The topological polar surface area (TPSA) is 70.7 Å². The molecule has 3 heterocycles. The van der Waals surface area contributed by atoms with Crippen LogP contribution < -0.4 is 10.6 Å². The Morgan fingerprint density at radius 2 is 2.00 bits per heavy atom. The first-order valence-electron chi connectivity index (χ1n) is 9.16. The van der Waals surface area contributed by atoms with Crippen LogP contribution in [0.25, 0.3) is 0 Å². The van der Waals surface area contributed by atoms with Crippen molar-refractivity contribution in [1.82, 2.24) is 15.5 Å². The number of likely N-dealkylation sites (tertiary alicyclic amines) is 1. The highest BCUT2D eigenvalue weighted by Gasteiger charge is 2.22. The van der Waals surface area contributed by atoms with E-state index < -0.39 is 11.8 Å². The molecule has 2 aliphatic rings. The fraction of sp³-hybridized carbons (Fsp3) is 0.667. The molecule has 1 aromatic heterocycles. The second-order valence-electron chi connectivity index (χ2n) is 6.73. The van der Waals surface area contributed by atoms with E-state index in [4.69, 9.17) is 4.74 Å². The summed E-state index contributed by atoms with van der Waals surface area (Å²) in [6, 6.07) is 4.34. The van der Waals surface area contributed by atoms with Crippen molar-refractivity contribution in [3.63, 3.8) is 0 Å². The summed E-state index contributed by atoms with van der Waals surface area (Å²) in [5.74, 6) is -0.437. The molecule has 6 nitrogen and oxygen atoms in total. The van der Waals surface area contributed by atoms with Crippen LogP contribution in [0, 0.1) is 0 Å². The van der Waals surface area contributed by atoms with Crippen LogP contribution in [0.15, 0.2) is 17.5 Å². The number of carbonyl (C=O) groups excluding carboxylic acids is 2. The molecular formula is C18H27N3O3S. The standard InChI is InChI=1S/C18H27N3O3S/c22-17(18(23)20-13-15-3-1-11-24-15)19-7-10-21-8-5-14(6-9-21)16-4-2-12-25-16/h2,4,12,14-15H,1,3,5-11,13H2,(H,19,22)(H,20,23). The number of nitrogens with one attached hydrogen (secondary N) is 2. The van der Waals surface area contributed by atoms with E-state index in [0.29, 0.717) is 19.0 Å². The third-order valence-corrected chi connectivity index (χ3v) is 6.00. The second-order valence-corrected chi connectivity index (χ2v) is 7.71. The highest BCUT2D eigenvalue weighted by atomic mass is 32.1. The van der Waals surface area contributed by atoms with Gasteiger partial charge in [0.2, 0.25) is 0 Å². The van der Waals surface area contributed by atoms with Gasteiger partial charge < -0.3 is 20.3 Å². The van der Waals surface area contributed by atoms with Crippen molar-refractivity contribution in [2.75, 3.05) is 39.3 Å². The fourth-order valence-electron chi connectivity index (χ4n) is 3.46. The molecule has 0 radical (unpaired) electrons. The van der Waals surface area contributed by atoms with Gasteiger partial charge in [0, 0.05) is 31.1 Å². The molecule has 2 aliphatic heterocycles. The van der Waals surface area contributed by atoms with Crippen LogP contribution in [0.2, 0.25) is 0 Å². The summed E-state index contributed by atoms with van der Waals surface area (Å²) in [6.45, 7) is 4.56. The third kappa shape index (κ3) is 5.52. The Morgan fingerprint density at radius 3 is 2.68 bits per heavy atom. The molecule has 0 aliphatic carbocycles. The van der Waals surface area contributed by atoms with Crippen LogP contribution in [0.5, 0.6) is 0 Å². The van der Waals surface area contributed by atoms with Crippen molar-refractivity contribution in [2.45, 2.75) is 37.7 Å². The van der Waals surface area contributed by atoms with E-state index in [1.165, 1.54) is 4.88 Å². The molecule has 2 N–H and O–H groups in total. The van der Waals surface area contributed by atoms with Gasteiger partial charge in [-0.15, -0.1) is 11.3 Å². The van der Waals surface area contributed by atoms with E-state index in [9.17, 15) is 9.59 Å². The molecule has 1 aromatic rings. The summed E-state index contributed by atoms with van der Waals surface area (Å²) in [7, 11) is 0. The Balaban J connectivity index is 1.27. The Bertz CT molecular complexity index is 550. The Morgan fingerprint density at radius 1 is 1.20 bits per heavy atom. The number of ether oxygens (including phenoxy) is 1. The molecule has 0 spiro atoms. The number of thiophene rings is 1. The quantitative estimate of drug-likeness (QED) is 0.747. The number of rotatable bonds is 6. The number of nitrogens with zero attached hydrogens (tertiary/aromatic N) is 1. The van der Waals surface area contributed by atoms with Crippen LogP contribution in [0.4, 0.5) is 0 Å². The minimum absolute atomic E-state index is 0.0568. The number of hydrogen-bond acceptors (Lipinski definition) is 5. The van der Waals surface area contributed by atoms with Crippen molar-refractivity contribution in [1.29, 1.82) is 0 Å². The van der Waals surface area contributed by atoms with E-state index in [1.54, 1.807) is 0 Å². The maximum atomic E-state index is 11.8. The predicted octanol–water partition coefficient (Wildman–Crippen LogP) is 1.34. The summed E-state index contributed by atoms with van der Waals surface area (Å²) in [4.78, 5) is 27.4. The Kier molecular flexibility index (Phi) is 6.84. The highest BCUT2D eigenvalue weighted by Crippen LogP contribution is 2.30. The maximum Gasteiger partial charge on any atom is 0.309 e. The summed E-state index contributed by atoms with van der Waals surface area (Å²) >= 11 is 1.84. The lowest BCUT2D eigenvalue weighted by atomic mass is 9.95. The van der Waals surface area contributed by atoms with Crippen LogP contribution >= 0.6 is 11.3 Å². The van der Waals surface area contributed by atoms with Gasteiger partial charge in [-0.05, 0) is 56.1 Å². The van der Waals surface area contributed by atoms with Crippen molar-refractivity contribution in [3.8, 4) is 0 Å². The van der Waals surface area contributed by atoms with Gasteiger partial charge in [0.15, 0.2) is 0 Å². The monoisotopic (exact) mass is 365 g/mol. The molecule has 3 rings (SSSR count). The van der Waals surface area contributed by atoms with Crippen molar-refractivity contribution in [2.24, 2.45) is 0 Å². The smallest absolute Gasteiger partial charge is 0.309 e. The van der Waals surface area contributed by atoms with E-state index in [0.717, 1.165) is 51.9 Å². The molecule has 7 heteroatoms. The second kappa shape index (κ2) is 9.31.